The highest BCUT2D eigenvalue weighted by Crippen LogP contribution is 2.56. The van der Waals surface area contributed by atoms with Crippen LogP contribution in [0.5, 0.6) is 17.2 Å². The van der Waals surface area contributed by atoms with Crippen LogP contribution in [0.2, 0.25) is 0 Å². The number of hydrogen-bond donors (Lipinski definition) is 0. The standard InChI is InChI=1S/C32H35NO3/c1-33-17-6-8-23(33)16-18-36-24-13-10-22(11-14-24)31-28-20-30(35-3)29(34-2)19-27(28)26-15-12-21-7-4-5-9-25(21)32(26)31/h4-5,7,9-11,13-14,19-20,23,31H,6,8,12,15-18H2,1-3H3. The van der Waals surface area contributed by atoms with Crippen LogP contribution in [0, 0.1) is 0 Å². The lowest BCUT2D eigenvalue weighted by molar-refractivity contribution is 0.233. The van der Waals surface area contributed by atoms with Gasteiger partial charge in [-0.15, -0.1) is 0 Å². The molecule has 2 aliphatic carbocycles. The average Bonchev–Trinajstić information content (AvgIpc) is 3.48. The van der Waals surface area contributed by atoms with Crippen molar-refractivity contribution in [3.05, 3.63) is 88.5 Å². The van der Waals surface area contributed by atoms with Crippen molar-refractivity contribution in [3.8, 4) is 17.2 Å². The zero-order valence-electron chi connectivity index (χ0n) is 21.5. The van der Waals surface area contributed by atoms with Crippen molar-refractivity contribution in [1.29, 1.82) is 0 Å². The fraction of sp³-hybridized carbons (Fsp3) is 0.375. The minimum absolute atomic E-state index is 0.164. The molecule has 3 aromatic carbocycles. The Hall–Kier alpha value is -3.24. The normalized spacial score (nSPS) is 20.6. The molecule has 2 atom stereocenters. The Labute approximate surface area is 214 Å². The van der Waals surface area contributed by atoms with E-state index in [1.807, 2.05) is 0 Å². The van der Waals surface area contributed by atoms with E-state index >= 15 is 0 Å². The van der Waals surface area contributed by atoms with Gasteiger partial charge in [-0.2, -0.15) is 0 Å². The van der Waals surface area contributed by atoms with Crippen LogP contribution < -0.4 is 14.2 Å². The van der Waals surface area contributed by atoms with Crippen molar-refractivity contribution < 1.29 is 14.2 Å². The molecule has 4 nitrogen and oxygen atoms in total. The number of rotatable bonds is 7. The maximum atomic E-state index is 6.16. The smallest absolute Gasteiger partial charge is 0.161 e. The van der Waals surface area contributed by atoms with Gasteiger partial charge in [-0.25, -0.2) is 0 Å². The van der Waals surface area contributed by atoms with E-state index in [1.165, 1.54) is 58.3 Å². The van der Waals surface area contributed by atoms with Crippen LogP contribution in [-0.4, -0.2) is 45.4 Å². The third kappa shape index (κ3) is 3.98. The van der Waals surface area contributed by atoms with Crippen LogP contribution in [0.3, 0.4) is 0 Å². The Balaban J connectivity index is 1.33. The summed E-state index contributed by atoms with van der Waals surface area (Å²) in [5, 5.41) is 0. The monoisotopic (exact) mass is 481 g/mol. The molecule has 0 amide bonds. The molecule has 3 aliphatic rings. The van der Waals surface area contributed by atoms with Gasteiger partial charge < -0.3 is 19.1 Å². The Kier molecular flexibility index (Phi) is 6.22. The van der Waals surface area contributed by atoms with Gasteiger partial charge in [0.2, 0.25) is 0 Å². The van der Waals surface area contributed by atoms with E-state index in [4.69, 9.17) is 14.2 Å². The fourth-order valence-electron chi connectivity index (χ4n) is 6.48. The summed E-state index contributed by atoms with van der Waals surface area (Å²) in [6.45, 7) is 1.97. The van der Waals surface area contributed by atoms with E-state index in [0.29, 0.717) is 6.04 Å². The number of fused-ring (bicyclic) bond motifs is 4. The van der Waals surface area contributed by atoms with Crippen molar-refractivity contribution in [2.75, 3.05) is 34.4 Å². The maximum absolute atomic E-state index is 6.16. The summed E-state index contributed by atoms with van der Waals surface area (Å²) in [6, 6.07) is 22.7. The molecule has 0 N–H and O–H groups in total. The van der Waals surface area contributed by atoms with Gasteiger partial charge in [-0.05, 0) is 109 Å². The topological polar surface area (TPSA) is 30.9 Å². The Morgan fingerprint density at radius 1 is 0.889 bits per heavy atom. The lowest BCUT2D eigenvalue weighted by Gasteiger charge is -2.24. The zero-order valence-corrected chi connectivity index (χ0v) is 21.5. The molecular formula is C32H35NO3. The summed E-state index contributed by atoms with van der Waals surface area (Å²) in [6.07, 6.45) is 5.78. The third-order valence-electron chi connectivity index (χ3n) is 8.36. The highest BCUT2D eigenvalue weighted by Gasteiger charge is 2.37. The van der Waals surface area contributed by atoms with Gasteiger partial charge in [0.05, 0.1) is 20.8 Å². The molecule has 1 aliphatic heterocycles. The highest BCUT2D eigenvalue weighted by molar-refractivity contribution is 6.03. The van der Waals surface area contributed by atoms with E-state index in [0.717, 1.165) is 43.1 Å². The quantitative estimate of drug-likeness (QED) is 0.382. The minimum atomic E-state index is 0.164. The first-order valence-electron chi connectivity index (χ1n) is 13.2. The first-order chi connectivity index (χ1) is 17.7. The maximum Gasteiger partial charge on any atom is 0.161 e. The molecule has 0 saturated carbocycles. The number of aryl methyl sites for hydroxylation is 1. The van der Waals surface area contributed by atoms with Crippen LogP contribution in [0.1, 0.15) is 59.4 Å². The van der Waals surface area contributed by atoms with E-state index in [2.05, 4.69) is 72.6 Å². The summed E-state index contributed by atoms with van der Waals surface area (Å²) in [4.78, 5) is 2.46. The zero-order chi connectivity index (χ0) is 24.6. The van der Waals surface area contributed by atoms with E-state index < -0.39 is 0 Å². The van der Waals surface area contributed by atoms with E-state index in [1.54, 1.807) is 14.2 Å². The number of hydrogen-bond acceptors (Lipinski definition) is 4. The van der Waals surface area contributed by atoms with Crippen LogP contribution in [0.25, 0.3) is 11.1 Å². The first-order valence-corrected chi connectivity index (χ1v) is 13.2. The Bertz CT molecular complexity index is 1290. The minimum Gasteiger partial charge on any atom is -0.494 e. The average molecular weight is 482 g/mol. The van der Waals surface area contributed by atoms with Crippen LogP contribution in [0.15, 0.2) is 60.7 Å². The number of likely N-dealkylation sites (tertiary alicyclic amines) is 1. The molecular weight excluding hydrogens is 446 g/mol. The molecule has 0 aromatic heterocycles. The molecule has 186 valence electrons. The fourth-order valence-corrected chi connectivity index (χ4v) is 6.48. The predicted octanol–water partition coefficient (Wildman–Crippen LogP) is 6.57. The molecule has 0 spiro atoms. The lowest BCUT2D eigenvalue weighted by atomic mass is 9.80. The molecule has 6 rings (SSSR count). The van der Waals surface area contributed by atoms with Crippen LogP contribution >= 0.6 is 0 Å². The molecule has 36 heavy (non-hydrogen) atoms. The molecule has 0 radical (unpaired) electrons. The third-order valence-corrected chi connectivity index (χ3v) is 8.36. The highest BCUT2D eigenvalue weighted by atomic mass is 16.5. The molecule has 4 heteroatoms. The van der Waals surface area contributed by atoms with E-state index in [9.17, 15) is 0 Å². The second-order valence-electron chi connectivity index (χ2n) is 10.3. The summed E-state index contributed by atoms with van der Waals surface area (Å²) in [5.41, 5.74) is 9.56. The molecule has 2 unspecified atom stereocenters. The molecule has 3 aromatic rings. The number of allylic oxidation sites excluding steroid dienone is 2. The van der Waals surface area contributed by atoms with Gasteiger partial charge >= 0.3 is 0 Å². The van der Waals surface area contributed by atoms with Crippen molar-refractivity contribution >= 4 is 11.1 Å². The second kappa shape index (κ2) is 9.67. The van der Waals surface area contributed by atoms with Gasteiger partial charge in [-0.1, -0.05) is 36.4 Å². The van der Waals surface area contributed by atoms with Gasteiger partial charge in [0.15, 0.2) is 11.5 Å². The van der Waals surface area contributed by atoms with Crippen molar-refractivity contribution in [2.45, 2.75) is 44.1 Å². The van der Waals surface area contributed by atoms with Crippen LogP contribution in [0.4, 0.5) is 0 Å². The molecule has 0 bridgehead atoms. The Morgan fingerprint density at radius 2 is 1.67 bits per heavy atom. The van der Waals surface area contributed by atoms with Gasteiger partial charge in [0.25, 0.3) is 0 Å². The summed E-state index contributed by atoms with van der Waals surface area (Å²) < 4.78 is 17.6. The van der Waals surface area contributed by atoms with Gasteiger partial charge in [0, 0.05) is 12.0 Å². The lowest BCUT2D eigenvalue weighted by Crippen LogP contribution is -2.26. The van der Waals surface area contributed by atoms with Crippen molar-refractivity contribution in [2.24, 2.45) is 0 Å². The number of benzene rings is 3. The van der Waals surface area contributed by atoms with Crippen molar-refractivity contribution in [3.63, 3.8) is 0 Å². The molecule has 1 heterocycles. The molecule has 1 fully saturated rings. The van der Waals surface area contributed by atoms with Crippen LogP contribution in [-0.2, 0) is 6.42 Å². The number of methoxy groups -OCH3 is 2. The van der Waals surface area contributed by atoms with E-state index in [-0.39, 0.29) is 5.92 Å². The Morgan fingerprint density at radius 3 is 2.42 bits per heavy atom. The summed E-state index contributed by atoms with van der Waals surface area (Å²) in [7, 11) is 5.65. The predicted molar refractivity (Wildman–Crippen MR) is 145 cm³/mol. The number of nitrogens with zero attached hydrogens (tertiary/aromatic N) is 1. The van der Waals surface area contributed by atoms with Gasteiger partial charge in [-0.3, -0.25) is 0 Å². The first kappa shape index (κ1) is 23.2. The largest absolute Gasteiger partial charge is 0.494 e. The SMILES string of the molecule is COc1cc2c(cc1OC)C(c1ccc(OCCC3CCCN3C)cc1)C1=C2CCc2ccccc21. The van der Waals surface area contributed by atoms with Crippen molar-refractivity contribution in [1.82, 2.24) is 4.90 Å². The molecule has 1 saturated heterocycles. The summed E-state index contributed by atoms with van der Waals surface area (Å²) in [5.74, 6) is 2.69. The van der Waals surface area contributed by atoms with Gasteiger partial charge in [0.1, 0.15) is 5.75 Å². The summed E-state index contributed by atoms with van der Waals surface area (Å²) >= 11 is 0. The second-order valence-corrected chi connectivity index (χ2v) is 10.3. The number of ether oxygens (including phenoxy) is 3.